The van der Waals surface area contributed by atoms with Crippen molar-refractivity contribution in [2.45, 2.75) is 6.92 Å². The number of anilines is 1. The fourth-order valence-electron chi connectivity index (χ4n) is 0.989. The molecule has 2 N–H and O–H groups in total. The maximum atomic E-state index is 5.52. The third-order valence-corrected chi connectivity index (χ3v) is 1.61. The number of pyridine rings is 1. The number of nitrogens with zero attached hydrogens (tertiary/aromatic N) is 2. The molecule has 0 aromatic carbocycles. The van der Waals surface area contributed by atoms with Crippen LogP contribution in [-0.4, -0.2) is 17.7 Å². The molecule has 1 heterocycles. The van der Waals surface area contributed by atoms with Gasteiger partial charge in [-0.2, -0.15) is 0 Å². The quantitative estimate of drug-likeness (QED) is 0.695. The van der Waals surface area contributed by atoms with Gasteiger partial charge in [-0.1, -0.05) is 6.08 Å². The molecule has 0 radical (unpaired) electrons. The zero-order valence-corrected chi connectivity index (χ0v) is 7.86. The molecule has 3 nitrogen and oxygen atoms in total. The van der Waals surface area contributed by atoms with Crippen molar-refractivity contribution in [3.8, 4) is 0 Å². The van der Waals surface area contributed by atoms with Gasteiger partial charge >= 0.3 is 0 Å². The van der Waals surface area contributed by atoms with Gasteiger partial charge in [0.25, 0.3) is 0 Å². The van der Waals surface area contributed by atoms with Gasteiger partial charge in [0.05, 0.1) is 23.3 Å². The van der Waals surface area contributed by atoms with Crippen LogP contribution in [-0.2, 0) is 0 Å². The van der Waals surface area contributed by atoms with Crippen molar-refractivity contribution in [2.24, 2.45) is 4.99 Å². The molecule has 0 amide bonds. The Kier molecular flexibility index (Phi) is 3.20. The Morgan fingerprint density at radius 3 is 2.77 bits per heavy atom. The van der Waals surface area contributed by atoms with E-state index in [0.29, 0.717) is 5.69 Å². The van der Waals surface area contributed by atoms with Crippen LogP contribution in [0.15, 0.2) is 35.5 Å². The Labute approximate surface area is 78.0 Å². The minimum atomic E-state index is 0.666. The van der Waals surface area contributed by atoms with Crippen molar-refractivity contribution in [2.75, 3.05) is 12.8 Å². The van der Waals surface area contributed by atoms with Gasteiger partial charge in [0, 0.05) is 7.05 Å². The largest absolute Gasteiger partial charge is 0.397 e. The van der Waals surface area contributed by atoms with Crippen LogP contribution in [0.25, 0.3) is 0 Å². The number of hydrogen-bond donors (Lipinski definition) is 1. The highest BCUT2D eigenvalue weighted by atomic mass is 14.8. The lowest BCUT2D eigenvalue weighted by molar-refractivity contribution is 1.28. The lowest BCUT2D eigenvalue weighted by atomic mass is 10.2. The van der Waals surface area contributed by atoms with E-state index in [2.05, 4.69) is 9.98 Å². The summed E-state index contributed by atoms with van der Waals surface area (Å²) in [6.45, 7) is 1.95. The number of aromatic nitrogens is 1. The van der Waals surface area contributed by atoms with Crippen LogP contribution in [0, 0.1) is 0 Å². The van der Waals surface area contributed by atoms with Crippen molar-refractivity contribution in [3.05, 3.63) is 36.2 Å². The van der Waals surface area contributed by atoms with Crippen molar-refractivity contribution in [1.29, 1.82) is 0 Å². The second kappa shape index (κ2) is 4.40. The summed E-state index contributed by atoms with van der Waals surface area (Å²) in [4.78, 5) is 8.27. The molecule has 1 aromatic rings. The van der Waals surface area contributed by atoms with E-state index in [9.17, 15) is 0 Å². The zero-order valence-electron chi connectivity index (χ0n) is 7.86. The van der Waals surface area contributed by atoms with Gasteiger partial charge in [-0.25, -0.2) is 0 Å². The molecule has 1 aromatic heterocycles. The van der Waals surface area contributed by atoms with Crippen molar-refractivity contribution in [3.63, 3.8) is 0 Å². The van der Waals surface area contributed by atoms with Gasteiger partial charge in [0.15, 0.2) is 0 Å². The molecular formula is C10H13N3. The summed E-state index contributed by atoms with van der Waals surface area (Å²) in [5.41, 5.74) is 7.89. The average Bonchev–Trinajstić information content (AvgIpc) is 2.16. The standard InChI is InChI=1S/C10H13N3/c1-3-4-9(12-2)10-6-5-8(11)7-13-10/h3-7H,11H2,1-2H3/b4-3-,12-9+. The maximum Gasteiger partial charge on any atom is 0.0883 e. The number of nitrogens with two attached hydrogens (primary N) is 1. The summed E-state index contributed by atoms with van der Waals surface area (Å²) >= 11 is 0. The molecule has 13 heavy (non-hydrogen) atoms. The monoisotopic (exact) mass is 175 g/mol. The summed E-state index contributed by atoms with van der Waals surface area (Å²) < 4.78 is 0. The molecule has 0 atom stereocenters. The fraction of sp³-hybridized carbons (Fsp3) is 0.200. The van der Waals surface area contributed by atoms with Gasteiger partial charge in [0.1, 0.15) is 0 Å². The predicted molar refractivity (Wildman–Crippen MR) is 55.9 cm³/mol. The number of nitrogen functional groups attached to an aromatic ring is 1. The van der Waals surface area contributed by atoms with Gasteiger partial charge < -0.3 is 5.73 Å². The first-order valence-electron chi connectivity index (χ1n) is 4.09. The lowest BCUT2D eigenvalue weighted by Crippen LogP contribution is -2.00. The van der Waals surface area contributed by atoms with E-state index in [0.717, 1.165) is 11.4 Å². The second-order valence-electron chi connectivity index (χ2n) is 2.59. The molecule has 0 unspecified atom stereocenters. The summed E-state index contributed by atoms with van der Waals surface area (Å²) in [5, 5.41) is 0. The fourth-order valence-corrected chi connectivity index (χ4v) is 0.989. The van der Waals surface area contributed by atoms with Crippen molar-refractivity contribution >= 4 is 11.4 Å². The van der Waals surface area contributed by atoms with E-state index in [4.69, 9.17) is 5.73 Å². The summed E-state index contributed by atoms with van der Waals surface area (Å²) in [6.07, 6.45) is 5.48. The molecule has 0 aliphatic heterocycles. The van der Waals surface area contributed by atoms with Crippen LogP contribution >= 0.6 is 0 Å². The molecule has 68 valence electrons. The first-order valence-corrected chi connectivity index (χ1v) is 4.09. The third-order valence-electron chi connectivity index (χ3n) is 1.61. The van der Waals surface area contributed by atoms with E-state index < -0.39 is 0 Å². The Balaban J connectivity index is 3.00. The molecule has 3 heteroatoms. The number of hydrogen-bond acceptors (Lipinski definition) is 3. The van der Waals surface area contributed by atoms with Crippen LogP contribution in [0.2, 0.25) is 0 Å². The number of rotatable bonds is 2. The van der Waals surface area contributed by atoms with E-state index in [1.165, 1.54) is 0 Å². The van der Waals surface area contributed by atoms with Crippen LogP contribution < -0.4 is 5.73 Å². The molecule has 0 bridgehead atoms. The van der Waals surface area contributed by atoms with E-state index in [1.54, 1.807) is 13.2 Å². The minimum Gasteiger partial charge on any atom is -0.397 e. The molecule has 0 fully saturated rings. The zero-order chi connectivity index (χ0) is 9.68. The van der Waals surface area contributed by atoms with Gasteiger partial charge in [-0.3, -0.25) is 9.98 Å². The highest BCUT2D eigenvalue weighted by Gasteiger charge is 1.98. The van der Waals surface area contributed by atoms with Gasteiger partial charge in [0.2, 0.25) is 0 Å². The van der Waals surface area contributed by atoms with Crippen molar-refractivity contribution in [1.82, 2.24) is 4.98 Å². The van der Waals surface area contributed by atoms with E-state index >= 15 is 0 Å². The highest BCUT2D eigenvalue weighted by molar-refractivity contribution is 6.07. The molecule has 0 saturated heterocycles. The minimum absolute atomic E-state index is 0.666. The Hall–Kier alpha value is -1.64. The van der Waals surface area contributed by atoms with E-state index in [1.807, 2.05) is 31.2 Å². The molecule has 0 aliphatic rings. The SMILES string of the molecule is C/C=C\C(=N/C)c1ccc(N)cn1. The second-order valence-corrected chi connectivity index (χ2v) is 2.59. The molecule has 0 saturated carbocycles. The summed E-state index contributed by atoms with van der Waals surface area (Å²) in [5.74, 6) is 0. The van der Waals surface area contributed by atoms with Crippen molar-refractivity contribution < 1.29 is 0 Å². The Morgan fingerprint density at radius 2 is 2.31 bits per heavy atom. The normalized spacial score (nSPS) is 12.3. The first kappa shape index (κ1) is 9.45. The van der Waals surface area contributed by atoms with Crippen LogP contribution in [0.4, 0.5) is 5.69 Å². The molecule has 0 aliphatic carbocycles. The Morgan fingerprint density at radius 1 is 1.54 bits per heavy atom. The van der Waals surface area contributed by atoms with Gasteiger partial charge in [-0.15, -0.1) is 0 Å². The summed E-state index contributed by atoms with van der Waals surface area (Å²) in [6, 6.07) is 3.68. The van der Waals surface area contributed by atoms with Gasteiger partial charge in [-0.05, 0) is 25.1 Å². The van der Waals surface area contributed by atoms with Crippen LogP contribution in [0.3, 0.4) is 0 Å². The topological polar surface area (TPSA) is 51.3 Å². The first-order chi connectivity index (χ1) is 6.27. The maximum absolute atomic E-state index is 5.52. The summed E-state index contributed by atoms with van der Waals surface area (Å²) in [7, 11) is 1.74. The average molecular weight is 175 g/mol. The van der Waals surface area contributed by atoms with E-state index in [-0.39, 0.29) is 0 Å². The molecule has 0 spiro atoms. The Bertz CT molecular complexity index is 323. The molecular weight excluding hydrogens is 162 g/mol. The third kappa shape index (κ3) is 2.40. The lowest BCUT2D eigenvalue weighted by Gasteiger charge is -1.99. The number of aliphatic imine (C=N–C) groups is 1. The number of allylic oxidation sites excluding steroid dienone is 2. The molecule has 1 rings (SSSR count). The predicted octanol–water partition coefficient (Wildman–Crippen LogP) is 1.66. The highest BCUT2D eigenvalue weighted by Crippen LogP contribution is 2.03. The van der Waals surface area contributed by atoms with Crippen LogP contribution in [0.5, 0.6) is 0 Å². The van der Waals surface area contributed by atoms with Crippen LogP contribution in [0.1, 0.15) is 12.6 Å². The smallest absolute Gasteiger partial charge is 0.0883 e.